The van der Waals surface area contributed by atoms with E-state index in [4.69, 9.17) is 14.0 Å². The first kappa shape index (κ1) is 20.3. The van der Waals surface area contributed by atoms with Gasteiger partial charge in [-0.1, -0.05) is 5.16 Å². The molecule has 3 aromatic rings. The van der Waals surface area contributed by atoms with Crippen molar-refractivity contribution in [2.24, 2.45) is 0 Å². The van der Waals surface area contributed by atoms with Crippen LogP contribution < -0.4 is 20.3 Å². The second-order valence-corrected chi connectivity index (χ2v) is 6.60. The molecule has 0 saturated heterocycles. The summed E-state index contributed by atoms with van der Waals surface area (Å²) in [5.41, 5.74) is 5.92. The maximum absolute atomic E-state index is 12.2. The Morgan fingerprint density at radius 1 is 1.21 bits per heavy atom. The number of aryl methyl sites for hydroxylation is 1. The Labute approximate surface area is 171 Å². The van der Waals surface area contributed by atoms with E-state index in [1.807, 2.05) is 23.8 Å². The summed E-state index contributed by atoms with van der Waals surface area (Å²) in [6.45, 7) is 2.33. The molecule has 0 atom stereocenters. The largest absolute Gasteiger partial charge is 0.493 e. The minimum atomic E-state index is -0.475. The second-order valence-electron chi connectivity index (χ2n) is 5.82. The van der Waals surface area contributed by atoms with Crippen molar-refractivity contribution in [3.63, 3.8) is 0 Å². The highest BCUT2D eigenvalue weighted by Gasteiger charge is 2.14. The van der Waals surface area contributed by atoms with Crippen LogP contribution in [0.1, 0.15) is 29.6 Å². The summed E-state index contributed by atoms with van der Waals surface area (Å²) in [5, 5.41) is 7.71. The summed E-state index contributed by atoms with van der Waals surface area (Å²) in [5.74, 6) is 0.952. The fraction of sp³-hybridized carbons (Fsp3) is 0.263. The highest BCUT2D eigenvalue weighted by Crippen LogP contribution is 2.27. The molecular weight excluding hydrogens is 396 g/mol. The third-order valence-electron chi connectivity index (χ3n) is 3.85. The standard InChI is InChI=1S/C19H20N4O5S/c1-3-27-14-5-4-12(10-15(14)26-2)19(25)22-21-16(24)6-7-17-20-18(23-28-17)13-8-9-29-11-13/h4-5,8-11H,3,6-7H2,1-2H3,(H,21,24)(H,22,25). The predicted octanol–water partition coefficient (Wildman–Crippen LogP) is 2.60. The molecule has 2 aromatic heterocycles. The summed E-state index contributed by atoms with van der Waals surface area (Å²) in [7, 11) is 1.49. The van der Waals surface area contributed by atoms with E-state index in [1.54, 1.807) is 12.1 Å². The minimum absolute atomic E-state index is 0.0815. The Balaban J connectivity index is 1.48. The van der Waals surface area contributed by atoms with Crippen molar-refractivity contribution in [3.05, 3.63) is 46.5 Å². The zero-order valence-electron chi connectivity index (χ0n) is 15.9. The van der Waals surface area contributed by atoms with Crippen molar-refractivity contribution in [3.8, 4) is 22.9 Å². The van der Waals surface area contributed by atoms with E-state index in [1.165, 1.54) is 24.5 Å². The first-order valence-corrected chi connectivity index (χ1v) is 9.80. The van der Waals surface area contributed by atoms with Crippen LogP contribution in [-0.2, 0) is 11.2 Å². The van der Waals surface area contributed by atoms with E-state index in [9.17, 15) is 9.59 Å². The number of rotatable bonds is 8. The third-order valence-corrected chi connectivity index (χ3v) is 4.54. The van der Waals surface area contributed by atoms with Crippen molar-refractivity contribution in [2.75, 3.05) is 13.7 Å². The van der Waals surface area contributed by atoms with Crippen molar-refractivity contribution in [2.45, 2.75) is 19.8 Å². The number of methoxy groups -OCH3 is 1. The third kappa shape index (κ3) is 5.32. The van der Waals surface area contributed by atoms with Crippen LogP contribution in [0.4, 0.5) is 0 Å². The maximum atomic E-state index is 12.2. The molecule has 10 heteroatoms. The van der Waals surface area contributed by atoms with Gasteiger partial charge in [0.2, 0.25) is 17.6 Å². The van der Waals surface area contributed by atoms with Gasteiger partial charge in [-0.15, -0.1) is 0 Å². The number of ether oxygens (including phenoxy) is 2. The molecule has 0 saturated carbocycles. The van der Waals surface area contributed by atoms with Gasteiger partial charge in [0.05, 0.1) is 13.7 Å². The molecule has 0 radical (unpaired) electrons. The Bertz CT molecular complexity index is 971. The molecule has 0 aliphatic carbocycles. The molecule has 0 aliphatic heterocycles. The fourth-order valence-corrected chi connectivity index (χ4v) is 3.06. The molecule has 29 heavy (non-hydrogen) atoms. The van der Waals surface area contributed by atoms with Crippen LogP contribution in [0.15, 0.2) is 39.5 Å². The average molecular weight is 416 g/mol. The van der Waals surface area contributed by atoms with Crippen molar-refractivity contribution < 1.29 is 23.6 Å². The molecule has 152 valence electrons. The van der Waals surface area contributed by atoms with Gasteiger partial charge < -0.3 is 14.0 Å². The topological polar surface area (TPSA) is 116 Å². The molecule has 9 nitrogen and oxygen atoms in total. The van der Waals surface area contributed by atoms with Crippen LogP contribution in [0.25, 0.3) is 11.4 Å². The van der Waals surface area contributed by atoms with Gasteiger partial charge in [0.1, 0.15) is 0 Å². The molecule has 1 aromatic carbocycles. The Morgan fingerprint density at radius 2 is 2.07 bits per heavy atom. The van der Waals surface area contributed by atoms with Crippen LogP contribution in [-0.4, -0.2) is 35.7 Å². The number of amides is 2. The number of nitrogens with one attached hydrogen (secondary N) is 2. The molecule has 0 fully saturated rings. The predicted molar refractivity (Wildman–Crippen MR) is 106 cm³/mol. The lowest BCUT2D eigenvalue weighted by Gasteiger charge is -2.11. The Morgan fingerprint density at radius 3 is 2.79 bits per heavy atom. The van der Waals surface area contributed by atoms with E-state index in [0.717, 1.165) is 5.56 Å². The molecule has 2 heterocycles. The highest BCUT2D eigenvalue weighted by atomic mass is 32.1. The molecule has 0 bridgehead atoms. The number of hydrazine groups is 1. The number of carbonyl (C=O) groups is 2. The van der Waals surface area contributed by atoms with Gasteiger partial charge in [-0.3, -0.25) is 20.4 Å². The van der Waals surface area contributed by atoms with Crippen molar-refractivity contribution >= 4 is 23.2 Å². The first-order chi connectivity index (χ1) is 14.1. The number of thiophene rings is 1. The molecule has 0 spiro atoms. The Kier molecular flexibility index (Phi) is 6.80. The molecular formula is C19H20N4O5S. The highest BCUT2D eigenvalue weighted by molar-refractivity contribution is 7.08. The molecule has 2 N–H and O–H groups in total. The van der Waals surface area contributed by atoms with Crippen molar-refractivity contribution in [1.29, 1.82) is 0 Å². The summed E-state index contributed by atoms with van der Waals surface area (Å²) in [6.07, 6.45) is 0.341. The summed E-state index contributed by atoms with van der Waals surface area (Å²) in [6, 6.07) is 6.65. The van der Waals surface area contributed by atoms with Gasteiger partial charge >= 0.3 is 0 Å². The van der Waals surface area contributed by atoms with Crippen LogP contribution in [0.5, 0.6) is 11.5 Å². The zero-order valence-corrected chi connectivity index (χ0v) is 16.7. The van der Waals surface area contributed by atoms with E-state index < -0.39 is 5.91 Å². The van der Waals surface area contributed by atoms with Crippen LogP contribution in [0.2, 0.25) is 0 Å². The lowest BCUT2D eigenvalue weighted by atomic mass is 10.2. The van der Waals surface area contributed by atoms with Gasteiger partial charge in [-0.2, -0.15) is 16.3 Å². The fourth-order valence-electron chi connectivity index (χ4n) is 2.43. The SMILES string of the molecule is CCOc1ccc(C(=O)NNC(=O)CCc2nc(-c3ccsc3)no2)cc1OC. The molecule has 2 amide bonds. The quantitative estimate of drug-likeness (QED) is 0.542. The number of hydrogen-bond acceptors (Lipinski definition) is 8. The molecule has 0 aliphatic rings. The maximum Gasteiger partial charge on any atom is 0.269 e. The molecule has 3 rings (SSSR count). The van der Waals surface area contributed by atoms with Crippen LogP contribution in [0.3, 0.4) is 0 Å². The van der Waals surface area contributed by atoms with Gasteiger partial charge in [0.25, 0.3) is 5.91 Å². The average Bonchev–Trinajstić information content (AvgIpc) is 3.42. The number of aromatic nitrogens is 2. The zero-order chi connectivity index (χ0) is 20.6. The lowest BCUT2D eigenvalue weighted by Crippen LogP contribution is -2.41. The molecule has 0 unspecified atom stereocenters. The van der Waals surface area contributed by atoms with Crippen molar-refractivity contribution in [1.82, 2.24) is 21.0 Å². The van der Waals surface area contributed by atoms with E-state index in [0.29, 0.717) is 35.4 Å². The first-order valence-electron chi connectivity index (χ1n) is 8.86. The summed E-state index contributed by atoms with van der Waals surface area (Å²) < 4.78 is 15.8. The number of carbonyl (C=O) groups excluding carboxylic acids is 2. The number of benzene rings is 1. The smallest absolute Gasteiger partial charge is 0.269 e. The minimum Gasteiger partial charge on any atom is -0.493 e. The van der Waals surface area contributed by atoms with E-state index >= 15 is 0 Å². The second kappa shape index (κ2) is 9.69. The summed E-state index contributed by atoms with van der Waals surface area (Å²) in [4.78, 5) is 28.5. The number of nitrogens with zero attached hydrogens (tertiary/aromatic N) is 2. The Hall–Kier alpha value is -3.40. The van der Waals surface area contributed by atoms with E-state index in [2.05, 4.69) is 21.0 Å². The van der Waals surface area contributed by atoms with Gasteiger partial charge in [0.15, 0.2) is 11.5 Å². The van der Waals surface area contributed by atoms with Gasteiger partial charge in [-0.25, -0.2) is 0 Å². The van der Waals surface area contributed by atoms with Gasteiger partial charge in [0, 0.05) is 29.3 Å². The van der Waals surface area contributed by atoms with E-state index in [-0.39, 0.29) is 18.7 Å². The lowest BCUT2D eigenvalue weighted by molar-refractivity contribution is -0.121. The summed E-state index contributed by atoms with van der Waals surface area (Å²) >= 11 is 1.53. The normalized spacial score (nSPS) is 10.4. The monoisotopic (exact) mass is 416 g/mol. The van der Waals surface area contributed by atoms with Crippen LogP contribution >= 0.6 is 11.3 Å². The number of hydrogen-bond donors (Lipinski definition) is 2. The van der Waals surface area contributed by atoms with Crippen LogP contribution in [0, 0.1) is 0 Å². The van der Waals surface area contributed by atoms with Gasteiger partial charge in [-0.05, 0) is 36.6 Å².